The first kappa shape index (κ1) is 15.1. The van der Waals surface area contributed by atoms with Gasteiger partial charge in [0.05, 0.1) is 16.3 Å². The highest BCUT2D eigenvalue weighted by Crippen LogP contribution is 2.32. The predicted octanol–water partition coefficient (Wildman–Crippen LogP) is 4.17. The second kappa shape index (κ2) is 5.60. The maximum absolute atomic E-state index is 13.4. The van der Waals surface area contributed by atoms with Crippen LogP contribution < -0.4 is 4.72 Å². The summed E-state index contributed by atoms with van der Waals surface area (Å²) in [4.78, 5) is 0. The Kier molecular flexibility index (Phi) is 4.22. The number of sulfonamides is 1. The van der Waals surface area contributed by atoms with Crippen LogP contribution in [0.1, 0.15) is 0 Å². The minimum atomic E-state index is -3.37. The van der Waals surface area contributed by atoms with Crippen molar-refractivity contribution in [2.45, 2.75) is 0 Å². The van der Waals surface area contributed by atoms with E-state index in [1.807, 2.05) is 0 Å². The minimum absolute atomic E-state index is 0.0280. The van der Waals surface area contributed by atoms with E-state index in [-0.39, 0.29) is 5.02 Å². The first-order chi connectivity index (χ1) is 9.26. The second-order valence-electron chi connectivity index (χ2n) is 4.20. The Morgan fingerprint density at radius 3 is 2.30 bits per heavy atom. The van der Waals surface area contributed by atoms with Gasteiger partial charge in [-0.2, -0.15) is 0 Å². The summed E-state index contributed by atoms with van der Waals surface area (Å²) >= 11 is 11.7. The zero-order valence-electron chi connectivity index (χ0n) is 10.3. The summed E-state index contributed by atoms with van der Waals surface area (Å²) in [6.07, 6.45) is 1.05. The minimum Gasteiger partial charge on any atom is -0.284 e. The highest BCUT2D eigenvalue weighted by molar-refractivity contribution is 7.92. The highest BCUT2D eigenvalue weighted by Gasteiger charge is 2.09. The second-order valence-corrected chi connectivity index (χ2v) is 6.76. The molecule has 7 heteroatoms. The summed E-state index contributed by atoms with van der Waals surface area (Å²) in [6.45, 7) is 0. The molecule has 106 valence electrons. The van der Waals surface area contributed by atoms with Gasteiger partial charge in [-0.25, -0.2) is 12.8 Å². The van der Waals surface area contributed by atoms with Gasteiger partial charge in [0, 0.05) is 11.3 Å². The monoisotopic (exact) mass is 333 g/mol. The molecule has 0 radical (unpaired) electrons. The average Bonchev–Trinajstić information content (AvgIpc) is 2.31. The number of hydrogen-bond donors (Lipinski definition) is 1. The lowest BCUT2D eigenvalue weighted by Crippen LogP contribution is -2.09. The Balaban J connectivity index is 2.41. The summed E-state index contributed by atoms with van der Waals surface area (Å²) in [5.41, 5.74) is 1.49. The summed E-state index contributed by atoms with van der Waals surface area (Å²) in [5, 5.41) is 0.334. The van der Waals surface area contributed by atoms with Crippen LogP contribution in [0.15, 0.2) is 36.4 Å². The van der Waals surface area contributed by atoms with Crippen molar-refractivity contribution in [2.24, 2.45) is 0 Å². The van der Waals surface area contributed by atoms with E-state index in [1.165, 1.54) is 18.2 Å². The molecule has 1 N–H and O–H groups in total. The van der Waals surface area contributed by atoms with Gasteiger partial charge in [0.15, 0.2) is 0 Å². The first-order valence-corrected chi connectivity index (χ1v) is 8.14. The molecule has 2 aromatic carbocycles. The van der Waals surface area contributed by atoms with Crippen molar-refractivity contribution in [1.29, 1.82) is 0 Å². The third-order valence-corrected chi connectivity index (χ3v) is 3.73. The lowest BCUT2D eigenvalue weighted by molar-refractivity contribution is 0.607. The molecule has 2 aromatic rings. The highest BCUT2D eigenvalue weighted by atomic mass is 35.5. The van der Waals surface area contributed by atoms with Crippen molar-refractivity contribution < 1.29 is 12.8 Å². The maximum atomic E-state index is 13.4. The Morgan fingerprint density at radius 1 is 1.05 bits per heavy atom. The Labute approximate surface area is 126 Å². The topological polar surface area (TPSA) is 46.2 Å². The van der Waals surface area contributed by atoms with Crippen LogP contribution in [-0.4, -0.2) is 14.7 Å². The van der Waals surface area contributed by atoms with Crippen LogP contribution in [-0.2, 0) is 10.0 Å². The number of benzene rings is 2. The number of hydrogen-bond acceptors (Lipinski definition) is 2. The molecule has 0 aliphatic heterocycles. The number of rotatable bonds is 3. The normalized spacial score (nSPS) is 11.4. The zero-order valence-corrected chi connectivity index (χ0v) is 12.7. The van der Waals surface area contributed by atoms with E-state index in [1.54, 1.807) is 18.2 Å². The summed E-state index contributed by atoms with van der Waals surface area (Å²) in [6, 6.07) is 8.96. The molecule has 0 aromatic heterocycles. The lowest BCUT2D eigenvalue weighted by Gasteiger charge is -2.09. The molecule has 0 bridgehead atoms. The van der Waals surface area contributed by atoms with Gasteiger partial charge < -0.3 is 0 Å². The van der Waals surface area contributed by atoms with E-state index < -0.39 is 15.8 Å². The van der Waals surface area contributed by atoms with Gasteiger partial charge in [-0.3, -0.25) is 4.72 Å². The van der Waals surface area contributed by atoms with Crippen LogP contribution >= 0.6 is 23.2 Å². The molecule has 0 aliphatic carbocycles. The summed E-state index contributed by atoms with van der Waals surface area (Å²) in [5.74, 6) is -0.543. The molecular weight excluding hydrogens is 324 g/mol. The van der Waals surface area contributed by atoms with E-state index in [0.29, 0.717) is 21.8 Å². The van der Waals surface area contributed by atoms with Gasteiger partial charge in [-0.15, -0.1) is 0 Å². The molecule has 0 saturated carbocycles. The smallest absolute Gasteiger partial charge is 0.229 e. The van der Waals surface area contributed by atoms with Crippen molar-refractivity contribution in [2.75, 3.05) is 11.0 Å². The molecule has 0 spiro atoms. The van der Waals surface area contributed by atoms with E-state index in [4.69, 9.17) is 23.2 Å². The third-order valence-electron chi connectivity index (χ3n) is 2.50. The van der Waals surface area contributed by atoms with Crippen LogP contribution in [0.3, 0.4) is 0 Å². The molecule has 0 amide bonds. The predicted molar refractivity (Wildman–Crippen MR) is 80.3 cm³/mol. The van der Waals surface area contributed by atoms with Gasteiger partial charge in [-0.1, -0.05) is 35.3 Å². The summed E-state index contributed by atoms with van der Waals surface area (Å²) in [7, 11) is -3.37. The average molecular weight is 334 g/mol. The van der Waals surface area contributed by atoms with E-state index in [9.17, 15) is 12.8 Å². The molecule has 0 heterocycles. The van der Waals surface area contributed by atoms with E-state index in [0.717, 1.165) is 6.26 Å². The molecule has 0 fully saturated rings. The van der Waals surface area contributed by atoms with Crippen molar-refractivity contribution in [1.82, 2.24) is 0 Å². The number of nitrogens with one attached hydrogen (secondary N) is 1. The van der Waals surface area contributed by atoms with Crippen LogP contribution in [0.5, 0.6) is 0 Å². The van der Waals surface area contributed by atoms with Gasteiger partial charge in [-0.05, 0) is 29.8 Å². The van der Waals surface area contributed by atoms with Crippen molar-refractivity contribution in [3.8, 4) is 11.1 Å². The largest absolute Gasteiger partial charge is 0.284 e. The fourth-order valence-electron chi connectivity index (χ4n) is 1.69. The van der Waals surface area contributed by atoms with Crippen LogP contribution in [0.4, 0.5) is 10.1 Å². The molecule has 0 atom stereocenters. The third kappa shape index (κ3) is 3.62. The zero-order chi connectivity index (χ0) is 14.9. The number of anilines is 1. The van der Waals surface area contributed by atoms with Crippen LogP contribution in [0.25, 0.3) is 11.1 Å². The fraction of sp³-hybridized carbons (Fsp3) is 0.0769. The lowest BCUT2D eigenvalue weighted by atomic mass is 10.1. The molecule has 0 aliphatic rings. The Bertz CT molecular complexity index is 763. The van der Waals surface area contributed by atoms with E-state index >= 15 is 0 Å². The number of halogens is 3. The Hall–Kier alpha value is -1.30. The van der Waals surface area contributed by atoms with Crippen molar-refractivity contribution in [3.05, 3.63) is 52.3 Å². The Morgan fingerprint density at radius 2 is 1.75 bits per heavy atom. The summed E-state index contributed by atoms with van der Waals surface area (Å²) < 4.78 is 38.0. The van der Waals surface area contributed by atoms with Crippen molar-refractivity contribution in [3.63, 3.8) is 0 Å². The molecule has 3 nitrogen and oxygen atoms in total. The molecule has 0 saturated heterocycles. The SMILES string of the molecule is CS(=O)(=O)Nc1ccc(-c2ccc(Cl)c(F)c2)c(Cl)c1. The molecule has 0 unspecified atom stereocenters. The van der Waals surface area contributed by atoms with Gasteiger partial charge in [0.2, 0.25) is 10.0 Å². The van der Waals surface area contributed by atoms with E-state index in [2.05, 4.69) is 4.72 Å². The van der Waals surface area contributed by atoms with Gasteiger partial charge >= 0.3 is 0 Å². The van der Waals surface area contributed by atoms with Gasteiger partial charge in [0.1, 0.15) is 5.82 Å². The van der Waals surface area contributed by atoms with Crippen molar-refractivity contribution >= 4 is 38.9 Å². The van der Waals surface area contributed by atoms with Crippen LogP contribution in [0.2, 0.25) is 10.0 Å². The fourth-order valence-corrected chi connectivity index (χ4v) is 2.65. The van der Waals surface area contributed by atoms with Crippen LogP contribution in [0, 0.1) is 5.82 Å². The molecule has 2 rings (SSSR count). The quantitative estimate of drug-likeness (QED) is 0.916. The van der Waals surface area contributed by atoms with Gasteiger partial charge in [0.25, 0.3) is 0 Å². The molecular formula is C13H10Cl2FNO2S. The maximum Gasteiger partial charge on any atom is 0.229 e. The first-order valence-electron chi connectivity index (χ1n) is 5.49. The molecule has 20 heavy (non-hydrogen) atoms. The standard InChI is InChI=1S/C13H10Cl2FNO2S/c1-20(18,19)17-9-3-4-10(12(15)7-9)8-2-5-11(14)13(16)6-8/h2-7,17H,1H3.